The van der Waals surface area contributed by atoms with Gasteiger partial charge in [0.25, 0.3) is 0 Å². The Kier molecular flexibility index (Phi) is 7.68. The van der Waals surface area contributed by atoms with Crippen molar-refractivity contribution in [3.05, 3.63) is 36.2 Å². The molecule has 2 amide bonds. The molecule has 2 aromatic heterocycles. The van der Waals surface area contributed by atoms with Crippen molar-refractivity contribution < 1.29 is 4.79 Å². The zero-order valence-corrected chi connectivity index (χ0v) is 22.9. The number of nitrogens with one attached hydrogen (secondary N) is 3. The lowest BCUT2D eigenvalue weighted by atomic mass is 9.92. The van der Waals surface area contributed by atoms with Crippen LogP contribution in [0.2, 0.25) is 0 Å². The van der Waals surface area contributed by atoms with Gasteiger partial charge in [0.05, 0.1) is 18.0 Å². The van der Waals surface area contributed by atoms with E-state index in [4.69, 9.17) is 25.9 Å². The normalized spacial score (nSPS) is 22.2. The highest BCUT2D eigenvalue weighted by molar-refractivity contribution is 5.89. The molecule has 210 valence electrons. The summed E-state index contributed by atoms with van der Waals surface area (Å²) in [6.07, 6.45) is 12.4. The van der Waals surface area contributed by atoms with Gasteiger partial charge in [-0.25, -0.2) is 9.78 Å². The number of nitrogens with two attached hydrogens (primary N) is 1. The number of hydrogen-bond acceptors (Lipinski definition) is 8. The average Bonchev–Trinajstić information content (AvgIpc) is 3.65. The van der Waals surface area contributed by atoms with Crippen LogP contribution in [0.25, 0.3) is 11.2 Å². The Bertz CT molecular complexity index is 1380. The number of likely N-dealkylation sites (tertiary alicyclic amines) is 1. The number of carbonyl (C=O) groups is 1. The lowest BCUT2D eigenvalue weighted by molar-refractivity contribution is 0.197. The molecule has 1 aromatic carbocycles. The quantitative estimate of drug-likeness (QED) is 0.353. The molecule has 3 aromatic rings. The highest BCUT2D eigenvalue weighted by Gasteiger charge is 2.27. The third-order valence-electron chi connectivity index (χ3n) is 8.61. The van der Waals surface area contributed by atoms with Crippen molar-refractivity contribution in [3.8, 4) is 6.07 Å². The van der Waals surface area contributed by atoms with Gasteiger partial charge < -0.3 is 31.2 Å². The summed E-state index contributed by atoms with van der Waals surface area (Å²) in [5, 5.41) is 19.3. The topological polar surface area (TPSA) is 150 Å². The fourth-order valence-electron chi connectivity index (χ4n) is 6.27. The average molecular weight is 543 g/mol. The van der Waals surface area contributed by atoms with Crippen LogP contribution in [0.4, 0.5) is 22.2 Å². The van der Waals surface area contributed by atoms with Gasteiger partial charge in [0.1, 0.15) is 0 Å². The van der Waals surface area contributed by atoms with Crippen LogP contribution in [0.5, 0.6) is 0 Å². The maximum Gasteiger partial charge on any atom is 0.321 e. The molecule has 3 aliphatic rings. The molecule has 0 spiro atoms. The minimum absolute atomic E-state index is 0.146. The van der Waals surface area contributed by atoms with E-state index in [0.717, 1.165) is 68.3 Å². The number of rotatable bonds is 6. The van der Waals surface area contributed by atoms with Crippen molar-refractivity contribution in [2.75, 3.05) is 29.0 Å². The van der Waals surface area contributed by atoms with Gasteiger partial charge in [0.15, 0.2) is 17.0 Å². The Balaban J connectivity index is 1.15. The standard InChI is InChI=1S/C29H38N10O/c30-17-19-4-3-5-23(16-19)35-29(40)38-14-12-22(13-15-38)33-26-25-27(39(18-32-25)24-6-1-2-7-24)37-28(36-26)34-21-10-8-20(31)9-11-21/h3-5,16,18,20-22,24H,1-2,6-15,31H2,(H,35,40)(H2,33,34,36,37). The number of imidazole rings is 1. The summed E-state index contributed by atoms with van der Waals surface area (Å²) in [6.45, 7) is 1.25. The zero-order valence-electron chi connectivity index (χ0n) is 22.9. The van der Waals surface area contributed by atoms with Gasteiger partial charge in [-0.15, -0.1) is 0 Å². The molecular formula is C29H38N10O. The Hall–Kier alpha value is -3.91. The first-order valence-electron chi connectivity index (χ1n) is 14.6. The third kappa shape index (κ3) is 5.82. The van der Waals surface area contributed by atoms with Crippen LogP contribution >= 0.6 is 0 Å². The maximum absolute atomic E-state index is 12.9. The van der Waals surface area contributed by atoms with Crippen LogP contribution in [-0.2, 0) is 0 Å². The minimum atomic E-state index is -0.146. The van der Waals surface area contributed by atoms with E-state index >= 15 is 0 Å². The van der Waals surface area contributed by atoms with Gasteiger partial charge in [-0.3, -0.25) is 0 Å². The number of benzene rings is 1. The highest BCUT2D eigenvalue weighted by atomic mass is 16.2. The molecule has 40 heavy (non-hydrogen) atoms. The second-order valence-corrected chi connectivity index (χ2v) is 11.4. The zero-order chi connectivity index (χ0) is 27.5. The first-order chi connectivity index (χ1) is 19.6. The lowest BCUT2D eigenvalue weighted by Crippen LogP contribution is -2.44. The van der Waals surface area contributed by atoms with Crippen LogP contribution in [0.1, 0.15) is 75.8 Å². The van der Waals surface area contributed by atoms with E-state index in [9.17, 15) is 4.79 Å². The number of nitrogens with zero attached hydrogens (tertiary/aromatic N) is 6. The predicted octanol–water partition coefficient (Wildman–Crippen LogP) is 4.60. The van der Waals surface area contributed by atoms with Crippen molar-refractivity contribution in [3.63, 3.8) is 0 Å². The predicted molar refractivity (Wildman–Crippen MR) is 155 cm³/mol. The van der Waals surface area contributed by atoms with Crippen molar-refractivity contribution >= 4 is 34.6 Å². The molecule has 0 bridgehead atoms. The number of fused-ring (bicyclic) bond motifs is 1. The first kappa shape index (κ1) is 26.3. The Morgan fingerprint density at radius 3 is 2.48 bits per heavy atom. The highest BCUT2D eigenvalue weighted by Crippen LogP contribution is 2.34. The summed E-state index contributed by atoms with van der Waals surface area (Å²) in [5.74, 6) is 1.40. The van der Waals surface area contributed by atoms with E-state index in [1.54, 1.807) is 24.3 Å². The second-order valence-electron chi connectivity index (χ2n) is 11.4. The Morgan fingerprint density at radius 2 is 1.73 bits per heavy atom. The van der Waals surface area contributed by atoms with Gasteiger partial charge >= 0.3 is 6.03 Å². The van der Waals surface area contributed by atoms with Crippen molar-refractivity contribution in [1.29, 1.82) is 5.26 Å². The number of urea groups is 1. The molecular weight excluding hydrogens is 504 g/mol. The van der Waals surface area contributed by atoms with E-state index < -0.39 is 0 Å². The Morgan fingerprint density at radius 1 is 0.975 bits per heavy atom. The van der Waals surface area contributed by atoms with Gasteiger partial charge in [0, 0.05) is 42.9 Å². The number of aromatic nitrogens is 4. The van der Waals surface area contributed by atoms with Crippen molar-refractivity contribution in [1.82, 2.24) is 24.4 Å². The second kappa shape index (κ2) is 11.7. The van der Waals surface area contributed by atoms with E-state index in [1.807, 2.05) is 11.2 Å². The van der Waals surface area contributed by atoms with Crippen LogP contribution in [0, 0.1) is 11.3 Å². The van der Waals surface area contributed by atoms with Crippen LogP contribution in [0.3, 0.4) is 0 Å². The lowest BCUT2D eigenvalue weighted by Gasteiger charge is -2.32. The van der Waals surface area contributed by atoms with Gasteiger partial charge in [-0.05, 0) is 69.6 Å². The summed E-state index contributed by atoms with van der Waals surface area (Å²) < 4.78 is 2.24. The number of anilines is 3. The number of hydrogen-bond donors (Lipinski definition) is 4. The molecule has 0 atom stereocenters. The largest absolute Gasteiger partial charge is 0.365 e. The number of amides is 2. The molecule has 1 saturated heterocycles. The van der Waals surface area contributed by atoms with Crippen molar-refractivity contribution in [2.24, 2.45) is 5.73 Å². The SMILES string of the molecule is N#Cc1cccc(NC(=O)N2CCC(Nc3nc(NC4CCC(N)CC4)nc4c3ncn4C3CCCC3)CC2)c1. The summed E-state index contributed by atoms with van der Waals surface area (Å²) in [7, 11) is 0. The summed E-state index contributed by atoms with van der Waals surface area (Å²) in [6, 6.07) is 10.2. The minimum Gasteiger partial charge on any atom is -0.365 e. The third-order valence-corrected chi connectivity index (χ3v) is 8.61. The molecule has 2 saturated carbocycles. The number of carbonyl (C=O) groups excluding carboxylic acids is 1. The Labute approximate surface area is 234 Å². The van der Waals surface area contributed by atoms with Gasteiger partial charge in [-0.1, -0.05) is 18.9 Å². The molecule has 5 N–H and O–H groups in total. The van der Waals surface area contributed by atoms with E-state index in [-0.39, 0.29) is 18.1 Å². The molecule has 2 aliphatic carbocycles. The maximum atomic E-state index is 12.9. The number of nitriles is 1. The van der Waals surface area contributed by atoms with E-state index in [0.29, 0.717) is 42.4 Å². The van der Waals surface area contributed by atoms with Crippen molar-refractivity contribution in [2.45, 2.75) is 88.4 Å². The molecule has 3 fully saturated rings. The summed E-state index contributed by atoms with van der Waals surface area (Å²) in [4.78, 5) is 29.3. The van der Waals surface area contributed by atoms with E-state index in [1.165, 1.54) is 12.8 Å². The van der Waals surface area contributed by atoms with Crippen LogP contribution in [0.15, 0.2) is 30.6 Å². The summed E-state index contributed by atoms with van der Waals surface area (Å²) in [5.41, 5.74) is 8.97. The van der Waals surface area contributed by atoms with Gasteiger partial charge in [-0.2, -0.15) is 15.2 Å². The molecule has 0 unspecified atom stereocenters. The molecule has 3 heterocycles. The van der Waals surface area contributed by atoms with Gasteiger partial charge in [0.2, 0.25) is 5.95 Å². The molecule has 11 heteroatoms. The monoisotopic (exact) mass is 542 g/mol. The van der Waals surface area contributed by atoms with Crippen LogP contribution < -0.4 is 21.7 Å². The molecule has 0 radical (unpaired) electrons. The van der Waals surface area contributed by atoms with E-state index in [2.05, 4.69) is 26.6 Å². The fraction of sp³-hybridized carbons (Fsp3) is 0.552. The first-order valence-corrected chi connectivity index (χ1v) is 14.6. The summed E-state index contributed by atoms with van der Waals surface area (Å²) >= 11 is 0. The molecule has 11 nitrogen and oxygen atoms in total. The fourth-order valence-corrected chi connectivity index (χ4v) is 6.27. The van der Waals surface area contributed by atoms with Crippen LogP contribution in [-0.4, -0.2) is 61.7 Å². The number of piperidine rings is 1. The molecule has 1 aliphatic heterocycles. The molecule has 6 rings (SSSR count). The smallest absolute Gasteiger partial charge is 0.321 e.